The van der Waals surface area contributed by atoms with Crippen LogP contribution >= 0.6 is 0 Å². The molecular formula is C133H190. The number of rotatable bonds is 38. The molecule has 14 saturated carbocycles. The maximum atomic E-state index is 2.58. The summed E-state index contributed by atoms with van der Waals surface area (Å²) in [5.74, 6) is 36.7. The molecule has 36 atom stereocenters. The molecule has 0 radical (unpaired) electrons. The van der Waals surface area contributed by atoms with Crippen LogP contribution in [-0.4, -0.2) is 0 Å². The molecule has 4 aromatic rings. The standard InChI is InChI=1S/C20H24.C18H20.C18H28.C17H22.C17H30.C15H18.C15H26.C13H22/c1-2-4-13(5-3-1)6-7-14-10-17-12-18(14)20-16-9-8-15(11-16)19(17)20;1-2-4-11(5-3-1)15-9-14-10-16(15)18-13-7-6-12(8-13)17(14)18;1-2-3-4-5-6-12-9-15-11-16(12)18-14-8-7-13(10-14)17(15)18;1-2-6-14(7-3-1)8-4-5-9-16-12-15-10-11-17(16)13-15;1-2-3-4-5-6-7-8-9-10-16-13-15-11-12-17(16)14-15;1-2-4-12(5-3-1)6-8-14-10-13-7-9-15(14)11-13;1-2-3-4-5-6-7-8-14-11-13-9-10-15(14)12-13;1-2-3-4-5-6-12-9-11-7-8-13(12)10-11/h1-5,8-9,14-20H,6-7,10-12H2;1-7,12-18H,8-10H2;7-8,12-18H,2-6,9-11H2,1H3;1-3,6-7,10-11,15-17H,4-5,8-9,12-13H2;11-12,15-17H,2-10,13-14H2,1H3;1-5,7,9,13-15H,6,8,10-11H2;9-10,13-15H,2-8,11-12H2,1H3;7-8,11-13H,2-6,9-10H2,1H3. The van der Waals surface area contributed by atoms with Gasteiger partial charge in [-0.1, -0.05) is 400 Å². The lowest BCUT2D eigenvalue weighted by atomic mass is 9.68. The van der Waals surface area contributed by atoms with E-state index < -0.39 is 0 Å². The van der Waals surface area contributed by atoms with E-state index in [2.05, 4.69) is 246 Å². The van der Waals surface area contributed by atoms with E-state index in [1.807, 2.05) is 0 Å². The molecule has 0 heteroatoms. The summed E-state index contributed by atoms with van der Waals surface area (Å²) >= 11 is 0. The first kappa shape index (κ1) is 96.7. The van der Waals surface area contributed by atoms with Gasteiger partial charge in [0.1, 0.15) is 0 Å². The summed E-state index contributed by atoms with van der Waals surface area (Å²) in [6.07, 6.45) is 118. The predicted molar refractivity (Wildman–Crippen MR) is 568 cm³/mol. The van der Waals surface area contributed by atoms with E-state index in [0.717, 1.165) is 213 Å². The zero-order chi connectivity index (χ0) is 90.0. The van der Waals surface area contributed by atoms with Crippen LogP contribution in [0.3, 0.4) is 0 Å². The van der Waals surface area contributed by atoms with Gasteiger partial charge in [0.25, 0.3) is 0 Å². The van der Waals surface area contributed by atoms with E-state index in [9.17, 15) is 0 Å². The van der Waals surface area contributed by atoms with Crippen molar-refractivity contribution in [1.29, 1.82) is 0 Å². The van der Waals surface area contributed by atoms with Crippen molar-refractivity contribution >= 4 is 0 Å². The summed E-state index contributed by atoms with van der Waals surface area (Å²) in [7, 11) is 0. The molecule has 0 amide bonds. The first-order chi connectivity index (χ1) is 65.7. The summed E-state index contributed by atoms with van der Waals surface area (Å²) in [6, 6.07) is 44.2. The minimum absolute atomic E-state index is 0.880. The second kappa shape index (κ2) is 48.3. The van der Waals surface area contributed by atoms with Gasteiger partial charge in [0, 0.05) is 0 Å². The van der Waals surface area contributed by atoms with Gasteiger partial charge in [0.2, 0.25) is 0 Å². The lowest BCUT2D eigenvalue weighted by Crippen LogP contribution is -2.31. The fourth-order valence-corrected chi connectivity index (χ4v) is 36.0. The van der Waals surface area contributed by atoms with Crippen molar-refractivity contribution in [2.75, 3.05) is 0 Å². The molecule has 36 unspecified atom stereocenters. The average Bonchev–Trinajstić information content (AvgIpc) is 1.55. The summed E-state index contributed by atoms with van der Waals surface area (Å²) in [4.78, 5) is 0. The van der Waals surface area contributed by atoms with Crippen LogP contribution in [0.4, 0.5) is 0 Å². The number of fused-ring (bicyclic) bond motifs is 37. The topological polar surface area (TPSA) is 0 Å². The predicted octanol–water partition coefficient (Wildman–Crippen LogP) is 37.3. The Hall–Kier alpha value is -5.20. The molecule has 0 aliphatic heterocycles. The lowest BCUT2D eigenvalue weighted by Gasteiger charge is -2.37. The third-order valence-corrected chi connectivity index (χ3v) is 42.0. The number of hydrogen-bond acceptors (Lipinski definition) is 0. The van der Waals surface area contributed by atoms with E-state index >= 15 is 0 Å². The van der Waals surface area contributed by atoms with Crippen LogP contribution in [0.5, 0.6) is 0 Å². The van der Waals surface area contributed by atoms with Gasteiger partial charge in [-0.15, -0.1) is 0 Å². The van der Waals surface area contributed by atoms with Crippen LogP contribution in [0.15, 0.2) is 219 Å². The van der Waals surface area contributed by atoms with Crippen molar-refractivity contribution in [3.63, 3.8) is 0 Å². The molecular weight excluding hydrogens is 1600 g/mol. The Morgan fingerprint density at radius 1 is 0.180 bits per heavy atom. The Morgan fingerprint density at radius 3 is 0.774 bits per heavy atom. The van der Waals surface area contributed by atoms with E-state index in [-0.39, 0.29) is 0 Å². The molecule has 0 saturated heterocycles. The number of aryl methyl sites for hydroxylation is 3. The van der Waals surface area contributed by atoms with Crippen LogP contribution in [0.2, 0.25) is 0 Å². The van der Waals surface area contributed by atoms with Crippen LogP contribution < -0.4 is 0 Å². The molecule has 722 valence electrons. The first-order valence-electron chi connectivity index (χ1n) is 59.4. The summed E-state index contributed by atoms with van der Waals surface area (Å²) in [6.45, 7) is 9.20. The molecule has 0 spiro atoms. The molecule has 133 heavy (non-hydrogen) atoms. The Kier molecular flexibility index (Phi) is 35.1. The average molecular weight is 1790 g/mol. The molecule has 14 fully saturated rings. The van der Waals surface area contributed by atoms with Gasteiger partial charge >= 0.3 is 0 Å². The molecule has 4 aromatic carbocycles. The van der Waals surface area contributed by atoms with Crippen LogP contribution in [0, 0.1) is 207 Å². The Morgan fingerprint density at radius 2 is 0.436 bits per heavy atom. The normalized spacial score (nSPS) is 39.5. The Bertz CT molecular complexity index is 4330. The highest BCUT2D eigenvalue weighted by Crippen LogP contribution is 2.71. The largest absolute Gasteiger partial charge is 0.0851 e. The van der Waals surface area contributed by atoms with Crippen molar-refractivity contribution in [2.24, 2.45) is 207 Å². The fourth-order valence-electron chi connectivity index (χ4n) is 36.0. The van der Waals surface area contributed by atoms with Crippen molar-refractivity contribution in [3.05, 3.63) is 241 Å². The summed E-state index contributed by atoms with van der Waals surface area (Å²) in [5, 5.41) is 0. The number of unbranched alkanes of at least 4 members (excludes halogenated alkanes) is 19. The van der Waals surface area contributed by atoms with Crippen LogP contribution in [0.1, 0.15) is 377 Å². The molecule has 0 N–H and O–H groups in total. The lowest BCUT2D eigenvalue weighted by molar-refractivity contribution is 0.142. The highest BCUT2D eigenvalue weighted by atomic mass is 14.7. The maximum Gasteiger partial charge on any atom is -0.0128 e. The number of hydrogen-bond donors (Lipinski definition) is 0. The highest BCUT2D eigenvalue weighted by Gasteiger charge is 2.64. The van der Waals surface area contributed by atoms with Crippen molar-refractivity contribution in [1.82, 2.24) is 0 Å². The van der Waals surface area contributed by atoms with Gasteiger partial charge < -0.3 is 0 Å². The SMILES string of the molecule is C1=CC2CC1C1C3CC(CCc4ccccc4)C(C3)C21.C1=CC2CC1C1C3CC(c4ccccc4)C(C3)C21.C1=CC2CC1CC2CCCCc1ccccc1.C1=CC2CC1CC2CCc1ccccc1.CCCCCCC1CC2C=CC1C2.CCCCCCC1CC2CC1C1C3C=CC(C3)C21.CCCCCCCCC1CC2C=CC1C2.CCCCCCCCCCC1CC2C=CC1C2. The smallest absolute Gasteiger partial charge is 0.0128 e. The van der Waals surface area contributed by atoms with Crippen molar-refractivity contribution in [2.45, 2.75) is 374 Å². The second-order valence-electron chi connectivity index (χ2n) is 50.0. The molecule has 26 rings (SSSR count). The number of benzene rings is 4. The maximum absolute atomic E-state index is 2.58. The Labute approximate surface area is 816 Å². The Balaban J connectivity index is 0.0000000983. The van der Waals surface area contributed by atoms with Gasteiger partial charge in [0.15, 0.2) is 0 Å². The van der Waals surface area contributed by atoms with E-state index in [0.29, 0.717) is 0 Å². The third-order valence-electron chi connectivity index (χ3n) is 42.0. The summed E-state index contributed by atoms with van der Waals surface area (Å²) in [5.41, 5.74) is 6.17. The molecule has 0 aromatic heterocycles. The van der Waals surface area contributed by atoms with Gasteiger partial charge in [-0.05, 0) is 422 Å². The van der Waals surface area contributed by atoms with Crippen molar-refractivity contribution < 1.29 is 0 Å². The van der Waals surface area contributed by atoms with Crippen LogP contribution in [-0.2, 0) is 19.3 Å². The molecule has 22 aliphatic rings. The monoisotopic (exact) mass is 1790 g/mol. The van der Waals surface area contributed by atoms with E-state index in [1.54, 1.807) is 43.2 Å². The molecule has 0 heterocycles. The number of allylic oxidation sites excluding steroid dienone is 16. The molecule has 22 bridgehead atoms. The summed E-state index contributed by atoms with van der Waals surface area (Å²) < 4.78 is 0. The second-order valence-corrected chi connectivity index (χ2v) is 50.0. The van der Waals surface area contributed by atoms with Gasteiger partial charge in [-0.2, -0.15) is 0 Å². The quantitative estimate of drug-likeness (QED) is 0.0238. The van der Waals surface area contributed by atoms with Crippen molar-refractivity contribution in [3.8, 4) is 0 Å². The molecule has 0 nitrogen and oxygen atoms in total. The molecule has 22 aliphatic carbocycles. The van der Waals surface area contributed by atoms with E-state index in [4.69, 9.17) is 0 Å². The third kappa shape index (κ3) is 24.2. The van der Waals surface area contributed by atoms with Gasteiger partial charge in [-0.25, -0.2) is 0 Å². The van der Waals surface area contributed by atoms with Gasteiger partial charge in [-0.3, -0.25) is 0 Å². The first-order valence-corrected chi connectivity index (χ1v) is 59.4. The minimum Gasteiger partial charge on any atom is -0.0851 e. The zero-order valence-electron chi connectivity index (χ0n) is 85.0. The van der Waals surface area contributed by atoms with Gasteiger partial charge in [0.05, 0.1) is 0 Å². The zero-order valence-corrected chi connectivity index (χ0v) is 85.0. The van der Waals surface area contributed by atoms with E-state index in [1.165, 1.54) is 319 Å². The highest BCUT2D eigenvalue weighted by molar-refractivity contribution is 5.30. The fraction of sp³-hybridized carbons (Fsp3) is 0.699. The minimum atomic E-state index is 0.880. The van der Waals surface area contributed by atoms with Crippen LogP contribution in [0.25, 0.3) is 0 Å².